The number of hydrogen-bond donors (Lipinski definition) is 2. The van der Waals surface area contributed by atoms with Gasteiger partial charge in [-0.05, 0) is 31.2 Å². The third-order valence-electron chi connectivity index (χ3n) is 2.65. The minimum Gasteiger partial charge on any atom is -0.313 e. The lowest BCUT2D eigenvalue weighted by Crippen LogP contribution is -2.19. The monoisotopic (exact) mass is 232 g/mol. The molecule has 2 rings (SSSR count). The summed E-state index contributed by atoms with van der Waals surface area (Å²) in [5.41, 5.74) is 1.85. The van der Waals surface area contributed by atoms with Crippen molar-refractivity contribution in [3.63, 3.8) is 0 Å². The number of nitrogens with zero attached hydrogens (tertiary/aromatic N) is 2. The second kappa shape index (κ2) is 4.97. The van der Waals surface area contributed by atoms with Crippen LogP contribution in [0, 0.1) is 0 Å². The summed E-state index contributed by atoms with van der Waals surface area (Å²) in [6.07, 6.45) is 0.946. The van der Waals surface area contributed by atoms with Gasteiger partial charge in [0.1, 0.15) is 0 Å². The van der Waals surface area contributed by atoms with Crippen molar-refractivity contribution in [2.75, 3.05) is 7.05 Å². The van der Waals surface area contributed by atoms with Gasteiger partial charge in [-0.3, -0.25) is 0 Å². The van der Waals surface area contributed by atoms with E-state index in [0.717, 1.165) is 12.1 Å². The second-order valence-corrected chi connectivity index (χ2v) is 3.83. The predicted octanol–water partition coefficient (Wildman–Crippen LogP) is 0.842. The average Bonchev–Trinajstić information content (AvgIpc) is 2.71. The van der Waals surface area contributed by atoms with Crippen LogP contribution in [0.25, 0.3) is 5.69 Å². The van der Waals surface area contributed by atoms with Crippen LogP contribution in [0.1, 0.15) is 18.3 Å². The molecule has 0 atom stereocenters. The van der Waals surface area contributed by atoms with Crippen LogP contribution < -0.4 is 11.0 Å². The molecule has 90 valence electrons. The molecule has 1 heterocycles. The van der Waals surface area contributed by atoms with Crippen molar-refractivity contribution in [2.24, 2.45) is 0 Å². The first-order chi connectivity index (χ1) is 8.26. The molecule has 0 aliphatic carbocycles. The molecule has 0 unspecified atom stereocenters. The van der Waals surface area contributed by atoms with E-state index in [0.29, 0.717) is 12.4 Å². The van der Waals surface area contributed by atoms with Gasteiger partial charge in [0.2, 0.25) is 0 Å². The van der Waals surface area contributed by atoms with Crippen LogP contribution in [0.3, 0.4) is 0 Å². The van der Waals surface area contributed by atoms with E-state index in [1.807, 2.05) is 31.3 Å². The molecule has 5 nitrogen and oxygen atoms in total. The molecule has 0 radical (unpaired) electrons. The van der Waals surface area contributed by atoms with Crippen LogP contribution in [0.4, 0.5) is 0 Å². The highest BCUT2D eigenvalue weighted by atomic mass is 16.1. The lowest BCUT2D eigenvalue weighted by Gasteiger charge is -2.06. The van der Waals surface area contributed by atoms with E-state index in [1.54, 1.807) is 4.57 Å². The number of nitrogens with one attached hydrogen (secondary N) is 2. The zero-order valence-corrected chi connectivity index (χ0v) is 10.0. The Bertz CT molecular complexity index is 556. The largest absolute Gasteiger partial charge is 0.347 e. The maximum absolute atomic E-state index is 11.7. The Labute approximate surface area is 99.5 Å². The predicted molar refractivity (Wildman–Crippen MR) is 66.3 cm³/mol. The number of rotatable bonds is 4. The van der Waals surface area contributed by atoms with Crippen molar-refractivity contribution in [3.8, 4) is 5.69 Å². The van der Waals surface area contributed by atoms with E-state index in [-0.39, 0.29) is 5.69 Å². The van der Waals surface area contributed by atoms with E-state index < -0.39 is 0 Å². The Balaban J connectivity index is 2.51. The van der Waals surface area contributed by atoms with Crippen molar-refractivity contribution in [3.05, 3.63) is 46.1 Å². The number of benzene rings is 1. The third-order valence-corrected chi connectivity index (χ3v) is 2.65. The van der Waals surface area contributed by atoms with Gasteiger partial charge in [0.05, 0.1) is 12.2 Å². The second-order valence-electron chi connectivity index (χ2n) is 3.83. The Morgan fingerprint density at radius 1 is 1.47 bits per heavy atom. The van der Waals surface area contributed by atoms with Crippen LogP contribution in [0.2, 0.25) is 0 Å². The van der Waals surface area contributed by atoms with Crippen molar-refractivity contribution in [1.29, 1.82) is 0 Å². The first kappa shape index (κ1) is 11.6. The van der Waals surface area contributed by atoms with Crippen LogP contribution in [-0.4, -0.2) is 21.8 Å². The highest BCUT2D eigenvalue weighted by Crippen LogP contribution is 2.10. The molecule has 0 fully saturated rings. The van der Waals surface area contributed by atoms with Gasteiger partial charge < -0.3 is 5.32 Å². The molecule has 1 aromatic carbocycles. The highest BCUT2D eigenvalue weighted by molar-refractivity contribution is 5.36. The summed E-state index contributed by atoms with van der Waals surface area (Å²) in [5, 5.41) is 9.47. The van der Waals surface area contributed by atoms with E-state index in [4.69, 9.17) is 0 Å². The maximum Gasteiger partial charge on any atom is 0.347 e. The van der Waals surface area contributed by atoms with Crippen molar-refractivity contribution in [1.82, 2.24) is 20.1 Å². The minimum absolute atomic E-state index is 0.205. The maximum atomic E-state index is 11.7. The Kier molecular flexibility index (Phi) is 3.39. The van der Waals surface area contributed by atoms with Crippen LogP contribution >= 0.6 is 0 Å². The molecule has 1 aromatic heterocycles. The van der Waals surface area contributed by atoms with Gasteiger partial charge in [0.25, 0.3) is 0 Å². The Morgan fingerprint density at radius 2 is 2.29 bits per heavy atom. The quantitative estimate of drug-likeness (QED) is 0.821. The Morgan fingerprint density at radius 3 is 3.00 bits per heavy atom. The first-order valence-electron chi connectivity index (χ1n) is 5.66. The molecule has 17 heavy (non-hydrogen) atoms. The number of aromatic amines is 1. The van der Waals surface area contributed by atoms with E-state index >= 15 is 0 Å². The van der Waals surface area contributed by atoms with E-state index in [1.165, 1.54) is 5.56 Å². The van der Waals surface area contributed by atoms with Gasteiger partial charge in [-0.15, -0.1) is 0 Å². The van der Waals surface area contributed by atoms with Crippen LogP contribution in [0.15, 0.2) is 29.1 Å². The van der Waals surface area contributed by atoms with Gasteiger partial charge >= 0.3 is 5.69 Å². The lowest BCUT2D eigenvalue weighted by molar-refractivity contribution is 0.734. The summed E-state index contributed by atoms with van der Waals surface area (Å²) in [6, 6.07) is 7.93. The SMILES string of the molecule is CCc1cccc(-n2c(CNC)n[nH]c2=O)c1. The first-order valence-corrected chi connectivity index (χ1v) is 5.66. The fourth-order valence-electron chi connectivity index (χ4n) is 1.79. The molecule has 0 aliphatic rings. The zero-order valence-electron chi connectivity index (χ0n) is 10.0. The Hall–Kier alpha value is -1.88. The van der Waals surface area contributed by atoms with E-state index in [2.05, 4.69) is 22.4 Å². The zero-order chi connectivity index (χ0) is 12.3. The van der Waals surface area contributed by atoms with E-state index in [9.17, 15) is 4.79 Å². The van der Waals surface area contributed by atoms with Crippen LogP contribution in [-0.2, 0) is 13.0 Å². The normalized spacial score (nSPS) is 10.7. The third kappa shape index (κ3) is 2.29. The molecule has 0 amide bonds. The van der Waals surface area contributed by atoms with Crippen molar-refractivity contribution >= 4 is 0 Å². The summed E-state index contributed by atoms with van der Waals surface area (Å²) in [5.74, 6) is 0.686. The molecule has 2 aromatic rings. The molecule has 0 aliphatic heterocycles. The average molecular weight is 232 g/mol. The fraction of sp³-hybridized carbons (Fsp3) is 0.333. The summed E-state index contributed by atoms with van der Waals surface area (Å²) in [6.45, 7) is 2.64. The minimum atomic E-state index is -0.205. The smallest absolute Gasteiger partial charge is 0.313 e. The molecular weight excluding hydrogens is 216 g/mol. The van der Waals surface area contributed by atoms with Gasteiger partial charge in [-0.2, -0.15) is 5.10 Å². The molecule has 0 saturated carbocycles. The number of aryl methyl sites for hydroxylation is 1. The van der Waals surface area contributed by atoms with Gasteiger partial charge in [0.15, 0.2) is 5.82 Å². The van der Waals surface area contributed by atoms with Crippen molar-refractivity contribution < 1.29 is 0 Å². The summed E-state index contributed by atoms with van der Waals surface area (Å²) in [4.78, 5) is 11.7. The van der Waals surface area contributed by atoms with Gasteiger partial charge in [-0.1, -0.05) is 19.1 Å². The standard InChI is InChI=1S/C12H16N4O/c1-3-9-5-4-6-10(7-9)16-11(8-13-2)14-15-12(16)17/h4-7,13H,3,8H2,1-2H3,(H,15,17). The molecule has 5 heteroatoms. The van der Waals surface area contributed by atoms with Crippen molar-refractivity contribution in [2.45, 2.75) is 19.9 Å². The summed E-state index contributed by atoms with van der Waals surface area (Å²) >= 11 is 0. The number of H-pyrrole nitrogens is 1. The fourth-order valence-corrected chi connectivity index (χ4v) is 1.79. The van der Waals surface area contributed by atoms with Gasteiger partial charge in [0, 0.05) is 0 Å². The number of hydrogen-bond acceptors (Lipinski definition) is 3. The molecule has 2 N–H and O–H groups in total. The van der Waals surface area contributed by atoms with Crippen LogP contribution in [0.5, 0.6) is 0 Å². The number of aromatic nitrogens is 3. The molecular formula is C12H16N4O. The topological polar surface area (TPSA) is 62.7 Å². The van der Waals surface area contributed by atoms with Gasteiger partial charge in [-0.25, -0.2) is 14.5 Å². The summed E-state index contributed by atoms with van der Waals surface area (Å²) in [7, 11) is 1.83. The molecule has 0 saturated heterocycles. The highest BCUT2D eigenvalue weighted by Gasteiger charge is 2.09. The lowest BCUT2D eigenvalue weighted by atomic mass is 10.1. The molecule has 0 bridgehead atoms. The summed E-state index contributed by atoms with van der Waals surface area (Å²) < 4.78 is 1.59. The molecule has 0 spiro atoms.